The molecule has 0 aliphatic heterocycles. The van der Waals surface area contributed by atoms with E-state index in [9.17, 15) is 0 Å². The molecule has 0 saturated carbocycles. The third-order valence-electron chi connectivity index (χ3n) is 1.34. The standard InChI is InChI=1S/C9H20O2/c1-6-10-8(11-7-2)9(3,4)5/h8H,6-7H2,1-5H3. The number of rotatable bonds is 4. The lowest BCUT2D eigenvalue weighted by atomic mass is 9.96. The molecule has 0 radical (unpaired) electrons. The van der Waals surface area contributed by atoms with Crippen LogP contribution in [0, 0.1) is 5.41 Å². The summed E-state index contributed by atoms with van der Waals surface area (Å²) in [5.74, 6) is 0. The SMILES string of the molecule is CCOC(OCC)C(C)(C)C. The van der Waals surface area contributed by atoms with Gasteiger partial charge in [-0.25, -0.2) is 0 Å². The van der Waals surface area contributed by atoms with Gasteiger partial charge in [-0.05, 0) is 13.8 Å². The van der Waals surface area contributed by atoms with E-state index >= 15 is 0 Å². The van der Waals surface area contributed by atoms with E-state index in [2.05, 4.69) is 20.8 Å². The van der Waals surface area contributed by atoms with Crippen LogP contribution in [-0.2, 0) is 9.47 Å². The molecule has 0 aromatic carbocycles. The molecule has 0 saturated heterocycles. The predicted molar refractivity (Wildman–Crippen MR) is 46.5 cm³/mol. The molecule has 0 amide bonds. The summed E-state index contributed by atoms with van der Waals surface area (Å²) in [7, 11) is 0. The summed E-state index contributed by atoms with van der Waals surface area (Å²) < 4.78 is 10.8. The van der Waals surface area contributed by atoms with Crippen LogP contribution in [0.5, 0.6) is 0 Å². The van der Waals surface area contributed by atoms with Crippen molar-refractivity contribution in [1.82, 2.24) is 0 Å². The topological polar surface area (TPSA) is 18.5 Å². The Morgan fingerprint density at radius 2 is 1.36 bits per heavy atom. The number of ether oxygens (including phenoxy) is 2. The maximum atomic E-state index is 5.42. The van der Waals surface area contributed by atoms with Crippen molar-refractivity contribution in [2.24, 2.45) is 5.41 Å². The molecule has 0 aliphatic rings. The molecule has 68 valence electrons. The van der Waals surface area contributed by atoms with Crippen LogP contribution in [0.4, 0.5) is 0 Å². The van der Waals surface area contributed by atoms with Gasteiger partial charge in [0.05, 0.1) is 0 Å². The third-order valence-corrected chi connectivity index (χ3v) is 1.34. The Bertz CT molecular complexity index is 88.2. The van der Waals surface area contributed by atoms with E-state index in [0.717, 1.165) is 0 Å². The van der Waals surface area contributed by atoms with Crippen LogP contribution < -0.4 is 0 Å². The Kier molecular flexibility index (Phi) is 4.69. The molecule has 0 fully saturated rings. The van der Waals surface area contributed by atoms with Crippen molar-refractivity contribution in [2.75, 3.05) is 13.2 Å². The Morgan fingerprint density at radius 1 is 1.00 bits per heavy atom. The van der Waals surface area contributed by atoms with Crippen LogP contribution in [0.1, 0.15) is 34.6 Å². The summed E-state index contributed by atoms with van der Waals surface area (Å²) in [6.07, 6.45) is -0.0718. The second-order valence-electron chi connectivity index (χ2n) is 3.61. The Hall–Kier alpha value is -0.0800. The van der Waals surface area contributed by atoms with E-state index in [-0.39, 0.29) is 11.7 Å². The fourth-order valence-corrected chi connectivity index (χ4v) is 0.851. The fourth-order valence-electron chi connectivity index (χ4n) is 0.851. The predicted octanol–water partition coefficient (Wildman–Crippen LogP) is 2.43. The molecule has 0 aromatic heterocycles. The lowest BCUT2D eigenvalue weighted by molar-refractivity contribution is -0.189. The van der Waals surface area contributed by atoms with Gasteiger partial charge in [0.1, 0.15) is 0 Å². The van der Waals surface area contributed by atoms with Gasteiger partial charge in [-0.1, -0.05) is 20.8 Å². The van der Waals surface area contributed by atoms with Crippen molar-refractivity contribution in [3.05, 3.63) is 0 Å². The van der Waals surface area contributed by atoms with E-state index < -0.39 is 0 Å². The van der Waals surface area contributed by atoms with Gasteiger partial charge in [-0.3, -0.25) is 0 Å². The van der Waals surface area contributed by atoms with Crippen LogP contribution in [0.15, 0.2) is 0 Å². The summed E-state index contributed by atoms with van der Waals surface area (Å²) in [6.45, 7) is 11.7. The van der Waals surface area contributed by atoms with E-state index in [1.54, 1.807) is 0 Å². The molecule has 0 aliphatic carbocycles. The first-order valence-corrected chi connectivity index (χ1v) is 4.25. The quantitative estimate of drug-likeness (QED) is 0.588. The largest absolute Gasteiger partial charge is 0.352 e. The molecule has 0 bridgehead atoms. The number of hydrogen-bond acceptors (Lipinski definition) is 2. The van der Waals surface area contributed by atoms with Gasteiger partial charge in [0, 0.05) is 18.6 Å². The van der Waals surface area contributed by atoms with Crippen LogP contribution in [0.3, 0.4) is 0 Å². The van der Waals surface area contributed by atoms with Gasteiger partial charge in [0.15, 0.2) is 6.29 Å². The zero-order valence-electron chi connectivity index (χ0n) is 8.31. The molecule has 0 unspecified atom stereocenters. The highest BCUT2D eigenvalue weighted by molar-refractivity contribution is 4.65. The Labute approximate surface area is 69.9 Å². The molecule has 0 spiro atoms. The monoisotopic (exact) mass is 160 g/mol. The second kappa shape index (κ2) is 4.73. The minimum atomic E-state index is -0.0718. The van der Waals surface area contributed by atoms with Gasteiger partial charge in [0.25, 0.3) is 0 Å². The van der Waals surface area contributed by atoms with E-state index in [4.69, 9.17) is 9.47 Å². The summed E-state index contributed by atoms with van der Waals surface area (Å²) in [5.41, 5.74) is 0.0754. The van der Waals surface area contributed by atoms with Crippen LogP contribution in [0.25, 0.3) is 0 Å². The van der Waals surface area contributed by atoms with Gasteiger partial charge in [-0.15, -0.1) is 0 Å². The van der Waals surface area contributed by atoms with Crippen molar-refractivity contribution < 1.29 is 9.47 Å². The van der Waals surface area contributed by atoms with E-state index in [0.29, 0.717) is 13.2 Å². The van der Waals surface area contributed by atoms with Crippen molar-refractivity contribution in [1.29, 1.82) is 0 Å². The molecule has 2 heteroatoms. The highest BCUT2D eigenvalue weighted by Gasteiger charge is 2.24. The third kappa shape index (κ3) is 4.38. The normalized spacial score (nSPS) is 12.5. The zero-order valence-corrected chi connectivity index (χ0v) is 8.31. The van der Waals surface area contributed by atoms with Crippen LogP contribution in [0.2, 0.25) is 0 Å². The zero-order chi connectivity index (χ0) is 8.91. The summed E-state index contributed by atoms with van der Waals surface area (Å²) in [4.78, 5) is 0. The first-order chi connectivity index (χ1) is 5.02. The maximum absolute atomic E-state index is 5.42. The minimum absolute atomic E-state index is 0.0718. The fraction of sp³-hybridized carbons (Fsp3) is 1.00. The van der Waals surface area contributed by atoms with Gasteiger partial charge >= 0.3 is 0 Å². The van der Waals surface area contributed by atoms with Gasteiger partial charge in [-0.2, -0.15) is 0 Å². The Balaban J connectivity index is 3.88. The minimum Gasteiger partial charge on any atom is -0.352 e. The molecule has 0 rings (SSSR count). The van der Waals surface area contributed by atoms with Crippen molar-refractivity contribution in [3.63, 3.8) is 0 Å². The van der Waals surface area contributed by atoms with Crippen LogP contribution in [-0.4, -0.2) is 19.5 Å². The first kappa shape index (κ1) is 10.9. The van der Waals surface area contributed by atoms with Crippen LogP contribution >= 0.6 is 0 Å². The van der Waals surface area contributed by atoms with Crippen molar-refractivity contribution >= 4 is 0 Å². The average molecular weight is 160 g/mol. The summed E-state index contributed by atoms with van der Waals surface area (Å²) >= 11 is 0. The highest BCUT2D eigenvalue weighted by Crippen LogP contribution is 2.22. The molecule has 0 N–H and O–H groups in total. The first-order valence-electron chi connectivity index (χ1n) is 4.25. The molecule has 11 heavy (non-hydrogen) atoms. The molecular weight excluding hydrogens is 140 g/mol. The van der Waals surface area contributed by atoms with E-state index in [1.165, 1.54) is 0 Å². The molecule has 2 nitrogen and oxygen atoms in total. The smallest absolute Gasteiger partial charge is 0.162 e. The molecule has 0 aromatic rings. The van der Waals surface area contributed by atoms with Crippen molar-refractivity contribution in [3.8, 4) is 0 Å². The highest BCUT2D eigenvalue weighted by atomic mass is 16.7. The lowest BCUT2D eigenvalue weighted by Gasteiger charge is -2.29. The second-order valence-corrected chi connectivity index (χ2v) is 3.61. The molecule has 0 atom stereocenters. The van der Waals surface area contributed by atoms with Gasteiger partial charge in [0.2, 0.25) is 0 Å². The Morgan fingerprint density at radius 3 is 1.55 bits per heavy atom. The summed E-state index contributed by atoms with van der Waals surface area (Å²) in [6, 6.07) is 0. The molecular formula is C9H20O2. The lowest BCUT2D eigenvalue weighted by Crippen LogP contribution is -2.32. The number of hydrogen-bond donors (Lipinski definition) is 0. The van der Waals surface area contributed by atoms with Gasteiger partial charge < -0.3 is 9.47 Å². The van der Waals surface area contributed by atoms with E-state index in [1.807, 2.05) is 13.8 Å². The summed E-state index contributed by atoms with van der Waals surface area (Å²) in [5, 5.41) is 0. The molecule has 0 heterocycles. The maximum Gasteiger partial charge on any atom is 0.162 e. The average Bonchev–Trinajstić information content (AvgIpc) is 1.85. The van der Waals surface area contributed by atoms with Crippen molar-refractivity contribution in [2.45, 2.75) is 40.9 Å².